The van der Waals surface area contributed by atoms with Gasteiger partial charge in [-0.2, -0.15) is 26.3 Å². The number of amides is 3. The highest BCUT2D eigenvalue weighted by molar-refractivity contribution is 7.17. The Kier molecular flexibility index (Phi) is 6.51. The van der Waals surface area contributed by atoms with Crippen LogP contribution >= 0.6 is 22.9 Å². The van der Waals surface area contributed by atoms with Crippen molar-refractivity contribution in [2.75, 3.05) is 5.32 Å². The van der Waals surface area contributed by atoms with E-state index < -0.39 is 41.1 Å². The van der Waals surface area contributed by atoms with E-state index >= 15 is 0 Å². The third-order valence-electron chi connectivity index (χ3n) is 4.03. The molecule has 1 heterocycles. The number of urea groups is 1. The van der Waals surface area contributed by atoms with E-state index in [2.05, 4.69) is 0 Å². The first-order chi connectivity index (χ1) is 14.8. The summed E-state index contributed by atoms with van der Waals surface area (Å²) < 4.78 is 77.5. The van der Waals surface area contributed by atoms with Gasteiger partial charge in [0.25, 0.3) is 5.91 Å². The fourth-order valence-electron chi connectivity index (χ4n) is 2.58. The molecule has 3 amide bonds. The molecule has 4 nitrogen and oxygen atoms in total. The number of carbonyl (C=O) groups is 2. The van der Waals surface area contributed by atoms with Gasteiger partial charge in [-0.25, -0.2) is 4.79 Å². The summed E-state index contributed by atoms with van der Waals surface area (Å²) in [6.07, 6.45) is -10.1. The summed E-state index contributed by atoms with van der Waals surface area (Å²) in [5.74, 6) is -0.879. The second-order valence-electron chi connectivity index (χ2n) is 6.37. The van der Waals surface area contributed by atoms with Crippen LogP contribution in [0.15, 0.2) is 54.6 Å². The van der Waals surface area contributed by atoms with Crippen molar-refractivity contribution < 1.29 is 35.9 Å². The molecule has 0 atom stereocenters. The lowest BCUT2D eigenvalue weighted by Gasteiger charge is -2.14. The minimum absolute atomic E-state index is 0.0713. The number of hydrogen-bond donors (Lipinski definition) is 2. The fraction of sp³-hybridized carbons (Fsp3) is 0.100. The Hall–Kier alpha value is -3.05. The zero-order valence-electron chi connectivity index (χ0n) is 15.6. The fourth-order valence-corrected chi connectivity index (χ4v) is 3.62. The van der Waals surface area contributed by atoms with E-state index in [-0.39, 0.29) is 10.9 Å². The maximum absolute atomic E-state index is 12.9. The topological polar surface area (TPSA) is 58.2 Å². The number of thiophene rings is 1. The summed E-state index contributed by atoms with van der Waals surface area (Å²) in [5.41, 5.74) is -3.21. The zero-order valence-corrected chi connectivity index (χ0v) is 17.1. The Morgan fingerprint density at radius 2 is 1.38 bits per heavy atom. The molecule has 32 heavy (non-hydrogen) atoms. The molecule has 168 valence electrons. The summed E-state index contributed by atoms with van der Waals surface area (Å²) in [5, 5.41) is 4.22. The van der Waals surface area contributed by atoms with Gasteiger partial charge in [0.2, 0.25) is 0 Å². The first-order valence-corrected chi connectivity index (χ1v) is 9.80. The highest BCUT2D eigenvalue weighted by Crippen LogP contribution is 2.37. The van der Waals surface area contributed by atoms with Crippen LogP contribution in [0.25, 0.3) is 10.4 Å². The molecule has 0 bridgehead atoms. The maximum atomic E-state index is 12.9. The molecule has 0 aliphatic rings. The number of imide groups is 1. The van der Waals surface area contributed by atoms with Gasteiger partial charge >= 0.3 is 18.4 Å². The van der Waals surface area contributed by atoms with Crippen LogP contribution in [0.4, 0.5) is 36.8 Å². The van der Waals surface area contributed by atoms with Gasteiger partial charge in [0.15, 0.2) is 0 Å². The second-order valence-corrected chi connectivity index (χ2v) is 7.89. The highest BCUT2D eigenvalue weighted by Gasteiger charge is 2.37. The van der Waals surface area contributed by atoms with Crippen LogP contribution in [0.2, 0.25) is 5.02 Å². The van der Waals surface area contributed by atoms with Gasteiger partial charge in [0.05, 0.1) is 16.0 Å². The van der Waals surface area contributed by atoms with Gasteiger partial charge in [-0.05, 0) is 48.0 Å². The van der Waals surface area contributed by atoms with Gasteiger partial charge in [-0.3, -0.25) is 10.1 Å². The molecule has 2 N–H and O–H groups in total. The molecule has 2 aromatic carbocycles. The molecule has 12 heteroatoms. The molecule has 0 aliphatic heterocycles. The smallest absolute Gasteiger partial charge is 0.308 e. The Morgan fingerprint density at radius 1 is 0.812 bits per heavy atom. The Labute approximate surface area is 185 Å². The predicted molar refractivity (Wildman–Crippen MR) is 108 cm³/mol. The molecule has 0 fully saturated rings. The number of benzene rings is 2. The quantitative estimate of drug-likeness (QED) is 0.384. The molecule has 1 aromatic heterocycles. The molecule has 3 aromatic rings. The molecule has 0 unspecified atom stereocenters. The third-order valence-corrected chi connectivity index (χ3v) is 5.42. The van der Waals surface area contributed by atoms with E-state index in [0.29, 0.717) is 22.0 Å². The van der Waals surface area contributed by atoms with Crippen LogP contribution in [-0.4, -0.2) is 11.9 Å². The number of anilines is 1. The van der Waals surface area contributed by atoms with Crippen molar-refractivity contribution in [2.24, 2.45) is 0 Å². The predicted octanol–water partition coefficient (Wildman–Crippen LogP) is 7.07. The standard InChI is InChI=1S/C20H11ClF6N2O2S/c21-13-3-1-10(2-4-13)15-5-6-16(32-15)17(30)29-18(31)28-14-8-11(19(22,23)24)7-12(9-14)20(25,26)27/h1-9H,(H2,28,29,30,31). The van der Waals surface area contributed by atoms with Crippen LogP contribution in [0.3, 0.4) is 0 Å². The van der Waals surface area contributed by atoms with Crippen LogP contribution in [0.1, 0.15) is 20.8 Å². The summed E-state index contributed by atoms with van der Waals surface area (Å²) in [4.78, 5) is 25.1. The SMILES string of the molecule is O=C(NC(=O)c1ccc(-c2ccc(Cl)cc2)s1)Nc1cc(C(F)(F)F)cc(C(F)(F)F)c1. The number of halogens is 7. The van der Waals surface area contributed by atoms with Crippen molar-refractivity contribution in [1.82, 2.24) is 5.32 Å². The lowest BCUT2D eigenvalue weighted by atomic mass is 10.1. The van der Waals surface area contributed by atoms with Crippen molar-refractivity contribution in [2.45, 2.75) is 12.4 Å². The van der Waals surface area contributed by atoms with Crippen molar-refractivity contribution in [3.63, 3.8) is 0 Å². The third kappa shape index (κ3) is 5.80. The van der Waals surface area contributed by atoms with Gasteiger partial charge in [0.1, 0.15) is 0 Å². The molecule has 0 radical (unpaired) electrons. The van der Waals surface area contributed by atoms with Crippen LogP contribution < -0.4 is 10.6 Å². The average Bonchev–Trinajstić information content (AvgIpc) is 3.17. The van der Waals surface area contributed by atoms with Crippen molar-refractivity contribution in [3.8, 4) is 10.4 Å². The maximum Gasteiger partial charge on any atom is 0.416 e. The summed E-state index contributed by atoms with van der Waals surface area (Å²) in [6, 6.07) is 9.07. The average molecular weight is 493 g/mol. The molecule has 0 aliphatic carbocycles. The summed E-state index contributed by atoms with van der Waals surface area (Å²) in [7, 11) is 0. The van der Waals surface area contributed by atoms with Crippen molar-refractivity contribution in [3.05, 3.63) is 75.6 Å². The van der Waals surface area contributed by atoms with Crippen LogP contribution in [0.5, 0.6) is 0 Å². The first-order valence-electron chi connectivity index (χ1n) is 8.60. The van der Waals surface area contributed by atoms with E-state index in [1.165, 1.54) is 6.07 Å². The van der Waals surface area contributed by atoms with E-state index in [4.69, 9.17) is 11.6 Å². The number of hydrogen-bond acceptors (Lipinski definition) is 3. The number of carbonyl (C=O) groups excluding carboxylic acids is 2. The minimum Gasteiger partial charge on any atom is -0.308 e. The van der Waals surface area contributed by atoms with Crippen LogP contribution in [-0.2, 0) is 12.4 Å². The molecular formula is C20H11ClF6N2O2S. The zero-order chi connectivity index (χ0) is 23.7. The van der Waals surface area contributed by atoms with E-state index in [1.807, 2.05) is 10.6 Å². The molecular weight excluding hydrogens is 482 g/mol. The largest absolute Gasteiger partial charge is 0.416 e. The van der Waals surface area contributed by atoms with E-state index in [1.54, 1.807) is 30.3 Å². The van der Waals surface area contributed by atoms with Gasteiger partial charge in [-0.15, -0.1) is 11.3 Å². The minimum atomic E-state index is -5.07. The lowest BCUT2D eigenvalue weighted by Crippen LogP contribution is -2.34. The number of rotatable bonds is 3. The molecule has 3 rings (SSSR count). The van der Waals surface area contributed by atoms with Crippen molar-refractivity contribution in [1.29, 1.82) is 0 Å². The lowest BCUT2D eigenvalue weighted by molar-refractivity contribution is -0.143. The van der Waals surface area contributed by atoms with Gasteiger partial charge < -0.3 is 5.32 Å². The second kappa shape index (κ2) is 8.83. The van der Waals surface area contributed by atoms with Gasteiger partial charge in [-0.1, -0.05) is 23.7 Å². The number of nitrogens with one attached hydrogen (secondary N) is 2. The normalized spacial score (nSPS) is 11.8. The first kappa shape index (κ1) is 23.6. The Bertz CT molecular complexity index is 1120. The summed E-state index contributed by atoms with van der Waals surface area (Å²) in [6.45, 7) is 0. The van der Waals surface area contributed by atoms with Crippen molar-refractivity contribution >= 4 is 40.6 Å². The molecule has 0 saturated carbocycles. The summed E-state index contributed by atoms with van der Waals surface area (Å²) >= 11 is 6.85. The molecule has 0 spiro atoms. The Morgan fingerprint density at radius 3 is 1.91 bits per heavy atom. The van der Waals surface area contributed by atoms with E-state index in [9.17, 15) is 35.9 Å². The van der Waals surface area contributed by atoms with E-state index in [0.717, 1.165) is 16.9 Å². The highest BCUT2D eigenvalue weighted by atomic mass is 35.5. The Balaban J connectivity index is 1.74. The molecule has 0 saturated heterocycles. The van der Waals surface area contributed by atoms with Crippen LogP contribution in [0, 0.1) is 0 Å². The number of alkyl halides is 6. The monoisotopic (exact) mass is 492 g/mol. The van der Waals surface area contributed by atoms with Gasteiger partial charge in [0, 0.05) is 15.6 Å².